The lowest BCUT2D eigenvalue weighted by Gasteiger charge is -2.21. The minimum Gasteiger partial charge on any atom is -0.465 e. The molecule has 0 atom stereocenters. The number of methoxy groups -OCH3 is 1. The first-order valence-electron chi connectivity index (χ1n) is 7.80. The summed E-state index contributed by atoms with van der Waals surface area (Å²) in [5, 5.41) is 4.64. The minimum absolute atomic E-state index is 0.183. The van der Waals surface area contributed by atoms with Crippen molar-refractivity contribution < 1.29 is 28.6 Å². The van der Waals surface area contributed by atoms with Crippen molar-refractivity contribution in [1.29, 1.82) is 0 Å². The van der Waals surface area contributed by atoms with Gasteiger partial charge in [-0.15, -0.1) is 11.3 Å². The van der Waals surface area contributed by atoms with Crippen LogP contribution in [-0.2, 0) is 25.5 Å². The number of nitrogens with one attached hydrogen (secondary N) is 1. The number of urea groups is 1. The van der Waals surface area contributed by atoms with Gasteiger partial charge < -0.3 is 24.4 Å². The van der Waals surface area contributed by atoms with E-state index in [1.54, 1.807) is 19.2 Å². The SMILES string of the molecule is CCOC(=O)CNC(=O)N(CCOC)Cc1nc(C(=O)OCC)cs1. The van der Waals surface area contributed by atoms with Crippen LogP contribution in [0.3, 0.4) is 0 Å². The molecule has 0 unspecified atom stereocenters. The van der Waals surface area contributed by atoms with Crippen molar-refractivity contribution in [1.82, 2.24) is 15.2 Å². The summed E-state index contributed by atoms with van der Waals surface area (Å²) >= 11 is 1.25. The Morgan fingerprint density at radius 3 is 2.60 bits per heavy atom. The molecule has 0 aromatic carbocycles. The maximum absolute atomic E-state index is 12.2. The summed E-state index contributed by atoms with van der Waals surface area (Å²) < 4.78 is 14.6. The zero-order chi connectivity index (χ0) is 18.7. The van der Waals surface area contributed by atoms with Crippen molar-refractivity contribution in [2.75, 3.05) is 40.0 Å². The van der Waals surface area contributed by atoms with E-state index in [0.717, 1.165) is 0 Å². The topological polar surface area (TPSA) is 107 Å². The first-order valence-corrected chi connectivity index (χ1v) is 8.68. The summed E-state index contributed by atoms with van der Waals surface area (Å²) in [7, 11) is 1.52. The van der Waals surface area contributed by atoms with E-state index in [1.807, 2.05) is 0 Å². The Morgan fingerprint density at radius 1 is 1.24 bits per heavy atom. The number of rotatable bonds is 10. The molecule has 0 aliphatic rings. The Kier molecular flexibility index (Phi) is 9.48. The number of esters is 2. The smallest absolute Gasteiger partial charge is 0.357 e. The molecule has 9 nitrogen and oxygen atoms in total. The number of carbonyl (C=O) groups is 3. The normalized spacial score (nSPS) is 10.2. The van der Waals surface area contributed by atoms with Crippen LogP contribution in [0.25, 0.3) is 0 Å². The van der Waals surface area contributed by atoms with Gasteiger partial charge in [-0.25, -0.2) is 14.6 Å². The van der Waals surface area contributed by atoms with E-state index in [4.69, 9.17) is 14.2 Å². The van der Waals surface area contributed by atoms with Gasteiger partial charge in [0.1, 0.15) is 11.6 Å². The molecule has 1 aromatic heterocycles. The third-order valence-electron chi connectivity index (χ3n) is 2.90. The Bertz CT molecular complexity index is 577. The molecular weight excluding hydrogens is 350 g/mol. The number of thiazole rings is 1. The first-order chi connectivity index (χ1) is 12.0. The lowest BCUT2D eigenvalue weighted by molar-refractivity contribution is -0.141. The van der Waals surface area contributed by atoms with Gasteiger partial charge in [0, 0.05) is 19.0 Å². The van der Waals surface area contributed by atoms with E-state index in [-0.39, 0.29) is 32.0 Å². The summed E-state index contributed by atoms with van der Waals surface area (Å²) in [5.41, 5.74) is 0.209. The van der Waals surface area contributed by atoms with Gasteiger partial charge in [-0.3, -0.25) is 4.79 Å². The third kappa shape index (κ3) is 7.48. The quantitative estimate of drug-likeness (QED) is 0.611. The highest BCUT2D eigenvalue weighted by molar-refractivity contribution is 7.09. The van der Waals surface area contributed by atoms with Crippen LogP contribution in [-0.4, -0.2) is 67.9 Å². The predicted molar refractivity (Wildman–Crippen MR) is 90.4 cm³/mol. The monoisotopic (exact) mass is 373 g/mol. The number of amides is 2. The van der Waals surface area contributed by atoms with Crippen molar-refractivity contribution >= 4 is 29.3 Å². The molecule has 10 heteroatoms. The summed E-state index contributed by atoms with van der Waals surface area (Å²) in [6, 6.07) is -0.446. The highest BCUT2D eigenvalue weighted by Crippen LogP contribution is 2.13. The zero-order valence-corrected chi connectivity index (χ0v) is 15.4. The Labute approximate surface area is 150 Å². The predicted octanol–water partition coefficient (Wildman–Crippen LogP) is 1.04. The van der Waals surface area contributed by atoms with Crippen LogP contribution in [0.2, 0.25) is 0 Å². The summed E-state index contributed by atoms with van der Waals surface area (Å²) in [6.45, 7) is 4.51. The number of hydrogen-bond donors (Lipinski definition) is 1. The second kappa shape index (κ2) is 11.4. The molecule has 0 aliphatic carbocycles. The molecule has 1 heterocycles. The van der Waals surface area contributed by atoms with Crippen molar-refractivity contribution in [3.8, 4) is 0 Å². The van der Waals surface area contributed by atoms with Gasteiger partial charge in [0.05, 0.1) is 26.4 Å². The summed E-state index contributed by atoms with van der Waals surface area (Å²) in [5.74, 6) is -1.01. The van der Waals surface area contributed by atoms with E-state index in [1.165, 1.54) is 23.3 Å². The van der Waals surface area contributed by atoms with E-state index in [2.05, 4.69) is 10.3 Å². The van der Waals surface area contributed by atoms with Gasteiger partial charge in [-0.1, -0.05) is 0 Å². The second-order valence-corrected chi connectivity index (χ2v) is 5.67. The average molecular weight is 373 g/mol. The third-order valence-corrected chi connectivity index (χ3v) is 3.74. The number of hydrogen-bond acceptors (Lipinski definition) is 8. The molecule has 0 fully saturated rings. The molecule has 0 bridgehead atoms. The van der Waals surface area contributed by atoms with Gasteiger partial charge in [0.15, 0.2) is 5.69 Å². The van der Waals surface area contributed by atoms with Crippen LogP contribution in [0.4, 0.5) is 4.79 Å². The van der Waals surface area contributed by atoms with Crippen molar-refractivity contribution in [3.05, 3.63) is 16.1 Å². The highest BCUT2D eigenvalue weighted by atomic mass is 32.1. The van der Waals surface area contributed by atoms with Crippen LogP contribution < -0.4 is 5.32 Å². The van der Waals surface area contributed by atoms with Crippen molar-refractivity contribution in [2.45, 2.75) is 20.4 Å². The molecule has 1 N–H and O–H groups in total. The molecule has 25 heavy (non-hydrogen) atoms. The van der Waals surface area contributed by atoms with Crippen LogP contribution in [0.15, 0.2) is 5.38 Å². The van der Waals surface area contributed by atoms with Gasteiger partial charge in [-0.05, 0) is 13.8 Å². The Hall–Kier alpha value is -2.20. The maximum atomic E-state index is 12.2. The fourth-order valence-corrected chi connectivity index (χ4v) is 2.55. The standard InChI is InChI=1S/C15H23N3O6S/c1-4-23-13(19)8-16-15(21)18(6-7-22-3)9-12-17-11(10-25-12)14(20)24-5-2/h10H,4-9H2,1-3H3,(H,16,21). The average Bonchev–Trinajstić information content (AvgIpc) is 3.05. The van der Waals surface area contributed by atoms with E-state index in [9.17, 15) is 14.4 Å². The molecule has 0 saturated heterocycles. The van der Waals surface area contributed by atoms with E-state index in [0.29, 0.717) is 18.2 Å². The van der Waals surface area contributed by atoms with Crippen molar-refractivity contribution in [3.63, 3.8) is 0 Å². The largest absolute Gasteiger partial charge is 0.465 e. The zero-order valence-electron chi connectivity index (χ0n) is 14.6. The lowest BCUT2D eigenvalue weighted by Crippen LogP contribution is -2.43. The molecular formula is C15H23N3O6S. The molecule has 1 rings (SSSR count). The van der Waals surface area contributed by atoms with Crippen LogP contribution in [0, 0.1) is 0 Å². The second-order valence-electron chi connectivity index (χ2n) is 4.73. The van der Waals surface area contributed by atoms with Gasteiger partial charge in [0.2, 0.25) is 0 Å². The summed E-state index contributed by atoms with van der Waals surface area (Å²) in [6.07, 6.45) is 0. The number of aromatic nitrogens is 1. The number of nitrogens with zero attached hydrogens (tertiary/aromatic N) is 2. The van der Waals surface area contributed by atoms with E-state index >= 15 is 0 Å². The number of carbonyl (C=O) groups excluding carboxylic acids is 3. The first kappa shape index (κ1) is 20.8. The van der Waals surface area contributed by atoms with Gasteiger partial charge >= 0.3 is 18.0 Å². The van der Waals surface area contributed by atoms with Gasteiger partial charge in [-0.2, -0.15) is 0 Å². The van der Waals surface area contributed by atoms with Crippen LogP contribution in [0.1, 0.15) is 29.3 Å². The molecule has 0 saturated carbocycles. The molecule has 2 amide bonds. The fraction of sp³-hybridized carbons (Fsp3) is 0.600. The molecule has 0 radical (unpaired) electrons. The molecule has 1 aromatic rings. The minimum atomic E-state index is -0.513. The molecule has 0 aliphatic heterocycles. The van der Waals surface area contributed by atoms with Crippen LogP contribution >= 0.6 is 11.3 Å². The van der Waals surface area contributed by atoms with Crippen molar-refractivity contribution in [2.24, 2.45) is 0 Å². The Balaban J connectivity index is 2.67. The molecule has 140 valence electrons. The fourth-order valence-electron chi connectivity index (χ4n) is 1.77. The lowest BCUT2D eigenvalue weighted by atomic mass is 10.4. The Morgan fingerprint density at radius 2 is 1.96 bits per heavy atom. The maximum Gasteiger partial charge on any atom is 0.357 e. The summed E-state index contributed by atoms with van der Waals surface area (Å²) in [4.78, 5) is 40.8. The number of ether oxygens (including phenoxy) is 3. The molecule has 0 spiro atoms. The highest BCUT2D eigenvalue weighted by Gasteiger charge is 2.18. The van der Waals surface area contributed by atoms with E-state index < -0.39 is 18.0 Å². The van der Waals surface area contributed by atoms with Gasteiger partial charge in [0.25, 0.3) is 0 Å². The van der Waals surface area contributed by atoms with Crippen LogP contribution in [0.5, 0.6) is 0 Å².